The molecule has 28 heavy (non-hydrogen) atoms. The van der Waals surface area contributed by atoms with Gasteiger partial charge in [-0.05, 0) is 61.6 Å². The number of aromatic nitrogens is 2. The van der Waals surface area contributed by atoms with Crippen LogP contribution in [0.3, 0.4) is 0 Å². The van der Waals surface area contributed by atoms with Gasteiger partial charge < -0.3 is 18.8 Å². The van der Waals surface area contributed by atoms with E-state index >= 15 is 0 Å². The summed E-state index contributed by atoms with van der Waals surface area (Å²) in [6.07, 6.45) is 0. The van der Waals surface area contributed by atoms with Gasteiger partial charge in [-0.15, -0.1) is 5.10 Å². The van der Waals surface area contributed by atoms with Crippen molar-refractivity contribution in [3.8, 4) is 23.0 Å². The van der Waals surface area contributed by atoms with E-state index in [1.807, 2.05) is 32.2 Å². The second-order valence-electron chi connectivity index (χ2n) is 6.39. The molecule has 3 rings (SSSR count). The van der Waals surface area contributed by atoms with E-state index in [2.05, 4.69) is 5.10 Å². The number of nitrogens with zero attached hydrogens (tertiary/aromatic N) is 2. The minimum Gasteiger partial charge on any atom is -0.493 e. The lowest BCUT2D eigenvalue weighted by atomic mass is 10.2. The van der Waals surface area contributed by atoms with Crippen molar-refractivity contribution in [3.05, 3.63) is 58.7 Å². The fourth-order valence-corrected chi connectivity index (χ4v) is 3.06. The molecule has 0 saturated heterocycles. The number of halogens is 1. The molecule has 1 aromatic heterocycles. The Balaban J connectivity index is 1.70. The Hall–Kier alpha value is -2.71. The molecule has 8 heteroatoms. The summed E-state index contributed by atoms with van der Waals surface area (Å²) in [5.74, 6) is 1.51. The summed E-state index contributed by atoms with van der Waals surface area (Å²) in [5.41, 5.74) is 1.78. The normalized spacial score (nSPS) is 12.0. The maximum atomic E-state index is 13.1. The summed E-state index contributed by atoms with van der Waals surface area (Å²) < 4.78 is 31.3. The molecule has 148 valence electrons. The standard InChI is InChI=1S/C20H22FN3O3S/c1-4-26-17-10-5-14(11-18(17)25-3)12-23(2)13-24-20(28)27-19(22-24)15-6-8-16(21)9-7-15/h5-11H,4,12-13H2,1-3H3/p+1. The smallest absolute Gasteiger partial charge is 0.292 e. The number of quaternary nitrogens is 1. The highest BCUT2D eigenvalue weighted by Crippen LogP contribution is 2.27. The van der Waals surface area contributed by atoms with Crippen LogP contribution in [0.25, 0.3) is 11.5 Å². The SMILES string of the molecule is CCOc1ccc(C[NH+](C)Cn2nc(-c3ccc(F)cc3)oc2=S)cc1OC. The zero-order valence-corrected chi connectivity index (χ0v) is 16.9. The van der Waals surface area contributed by atoms with Crippen molar-refractivity contribution in [3.63, 3.8) is 0 Å². The first-order chi connectivity index (χ1) is 13.5. The van der Waals surface area contributed by atoms with Gasteiger partial charge in [0.1, 0.15) is 12.4 Å². The van der Waals surface area contributed by atoms with Crippen molar-refractivity contribution in [1.29, 1.82) is 0 Å². The van der Waals surface area contributed by atoms with Gasteiger partial charge in [-0.3, -0.25) is 0 Å². The van der Waals surface area contributed by atoms with Crippen LogP contribution >= 0.6 is 12.2 Å². The van der Waals surface area contributed by atoms with Gasteiger partial charge in [-0.1, -0.05) is 0 Å². The molecule has 1 unspecified atom stereocenters. The van der Waals surface area contributed by atoms with Crippen LogP contribution in [0, 0.1) is 10.7 Å². The molecule has 1 N–H and O–H groups in total. The van der Waals surface area contributed by atoms with Crippen molar-refractivity contribution in [2.45, 2.75) is 20.1 Å². The van der Waals surface area contributed by atoms with Crippen LogP contribution in [0.5, 0.6) is 11.5 Å². The third kappa shape index (κ3) is 4.76. The highest BCUT2D eigenvalue weighted by Gasteiger charge is 2.13. The predicted octanol–water partition coefficient (Wildman–Crippen LogP) is 3.09. The number of ether oxygens (including phenoxy) is 2. The molecule has 0 amide bonds. The van der Waals surface area contributed by atoms with E-state index in [1.54, 1.807) is 23.9 Å². The lowest BCUT2D eigenvalue weighted by Gasteiger charge is -2.15. The lowest BCUT2D eigenvalue weighted by molar-refractivity contribution is -0.917. The van der Waals surface area contributed by atoms with Gasteiger partial charge in [-0.2, -0.15) is 4.68 Å². The van der Waals surface area contributed by atoms with E-state index in [4.69, 9.17) is 26.1 Å². The summed E-state index contributed by atoms with van der Waals surface area (Å²) in [4.78, 5) is 1.43. The van der Waals surface area contributed by atoms with Crippen molar-refractivity contribution in [1.82, 2.24) is 9.78 Å². The molecule has 0 fully saturated rings. The summed E-state index contributed by atoms with van der Waals surface area (Å²) in [6.45, 7) is 3.79. The minimum absolute atomic E-state index is 0.281. The molecule has 0 spiro atoms. The van der Waals surface area contributed by atoms with Crippen molar-refractivity contribution >= 4 is 12.2 Å². The monoisotopic (exact) mass is 404 g/mol. The van der Waals surface area contributed by atoms with Gasteiger partial charge in [0.15, 0.2) is 18.2 Å². The zero-order valence-electron chi connectivity index (χ0n) is 16.1. The summed E-state index contributed by atoms with van der Waals surface area (Å²) >= 11 is 5.28. The molecule has 0 aliphatic carbocycles. The molecular formula is C20H23FN3O3S+. The van der Waals surface area contributed by atoms with E-state index in [0.29, 0.717) is 30.5 Å². The third-order valence-electron chi connectivity index (χ3n) is 4.15. The zero-order chi connectivity index (χ0) is 20.1. The molecule has 0 bridgehead atoms. The molecule has 0 saturated carbocycles. The molecule has 0 radical (unpaired) electrons. The Morgan fingerprint density at radius 3 is 2.61 bits per heavy atom. The molecule has 0 aliphatic rings. The molecule has 2 aromatic carbocycles. The van der Waals surface area contributed by atoms with Crippen LogP contribution in [0.4, 0.5) is 4.39 Å². The number of benzene rings is 2. The first-order valence-electron chi connectivity index (χ1n) is 8.95. The summed E-state index contributed by atoms with van der Waals surface area (Å²) in [6, 6.07) is 11.9. The Morgan fingerprint density at radius 2 is 1.93 bits per heavy atom. The van der Waals surface area contributed by atoms with Gasteiger partial charge in [0.05, 0.1) is 20.8 Å². The second kappa shape index (κ2) is 8.99. The fraction of sp³-hybridized carbons (Fsp3) is 0.300. The summed E-state index contributed by atoms with van der Waals surface area (Å²) in [5, 5.41) is 4.42. The van der Waals surface area contributed by atoms with Gasteiger partial charge in [0.25, 0.3) is 4.84 Å². The number of rotatable bonds is 8. The van der Waals surface area contributed by atoms with Gasteiger partial charge in [0.2, 0.25) is 5.89 Å². The molecule has 1 heterocycles. The number of hydrogen-bond acceptors (Lipinski definition) is 5. The van der Waals surface area contributed by atoms with Crippen molar-refractivity contribution in [2.24, 2.45) is 0 Å². The number of methoxy groups -OCH3 is 1. The molecule has 0 aliphatic heterocycles. The Bertz CT molecular complexity index is 985. The maximum absolute atomic E-state index is 13.1. The van der Waals surface area contributed by atoms with E-state index < -0.39 is 0 Å². The summed E-state index contributed by atoms with van der Waals surface area (Å²) in [7, 11) is 3.67. The Morgan fingerprint density at radius 1 is 1.18 bits per heavy atom. The highest BCUT2D eigenvalue weighted by molar-refractivity contribution is 7.71. The van der Waals surface area contributed by atoms with Crippen LogP contribution in [-0.2, 0) is 13.2 Å². The topological polar surface area (TPSA) is 53.9 Å². The van der Waals surface area contributed by atoms with E-state index in [-0.39, 0.29) is 10.7 Å². The number of hydrogen-bond donors (Lipinski definition) is 1. The molecule has 1 atom stereocenters. The van der Waals surface area contributed by atoms with E-state index in [0.717, 1.165) is 22.8 Å². The average molecular weight is 404 g/mol. The van der Waals surface area contributed by atoms with Crippen molar-refractivity contribution < 1.29 is 23.2 Å². The van der Waals surface area contributed by atoms with Gasteiger partial charge in [0, 0.05) is 11.1 Å². The average Bonchev–Trinajstić information content (AvgIpc) is 3.04. The van der Waals surface area contributed by atoms with Crippen LogP contribution in [0.1, 0.15) is 12.5 Å². The maximum Gasteiger partial charge on any atom is 0.292 e. The van der Waals surface area contributed by atoms with Gasteiger partial charge >= 0.3 is 0 Å². The van der Waals surface area contributed by atoms with E-state index in [9.17, 15) is 4.39 Å². The quantitative estimate of drug-likeness (QED) is 0.585. The van der Waals surface area contributed by atoms with Crippen molar-refractivity contribution in [2.75, 3.05) is 20.8 Å². The van der Waals surface area contributed by atoms with Crippen LogP contribution in [0.2, 0.25) is 0 Å². The number of nitrogens with one attached hydrogen (secondary N) is 1. The molecular weight excluding hydrogens is 381 g/mol. The van der Waals surface area contributed by atoms with Crippen LogP contribution in [0.15, 0.2) is 46.9 Å². The Kier molecular flexibility index (Phi) is 6.43. The first-order valence-corrected chi connectivity index (χ1v) is 9.36. The fourth-order valence-electron chi connectivity index (χ4n) is 2.87. The minimum atomic E-state index is -0.309. The predicted molar refractivity (Wildman–Crippen MR) is 105 cm³/mol. The Labute approximate surface area is 168 Å². The second-order valence-corrected chi connectivity index (χ2v) is 6.74. The molecule has 6 nitrogen and oxygen atoms in total. The first kappa shape index (κ1) is 20.0. The van der Waals surface area contributed by atoms with Crippen LogP contribution in [-0.4, -0.2) is 30.5 Å². The van der Waals surface area contributed by atoms with Crippen LogP contribution < -0.4 is 14.4 Å². The van der Waals surface area contributed by atoms with Gasteiger partial charge in [-0.25, -0.2) is 4.39 Å². The largest absolute Gasteiger partial charge is 0.493 e. The third-order valence-corrected chi connectivity index (χ3v) is 4.44. The highest BCUT2D eigenvalue weighted by atomic mass is 32.1. The lowest BCUT2D eigenvalue weighted by Crippen LogP contribution is -3.07. The van der Waals surface area contributed by atoms with E-state index in [1.165, 1.54) is 12.1 Å². The molecule has 3 aromatic rings.